The molecule has 0 saturated carbocycles. The number of amides is 1. The number of morpholine rings is 1. The minimum Gasteiger partial charge on any atom is -0.378 e. The number of sulfonamides is 2. The number of nitrogens with one attached hydrogen (secondary N) is 3. The number of anilines is 4. The number of para-hydroxylation sites is 2. The third-order valence-corrected chi connectivity index (χ3v) is 9.58. The lowest BCUT2D eigenvalue weighted by Crippen LogP contribution is -2.36. The summed E-state index contributed by atoms with van der Waals surface area (Å²) < 4.78 is 76.6. The molecule has 43 heavy (non-hydrogen) atoms. The Kier molecular flexibility index (Phi) is 8.87. The highest BCUT2D eigenvalue weighted by molar-refractivity contribution is 7.93. The summed E-state index contributed by atoms with van der Waals surface area (Å²) in [6, 6.07) is 21.2. The number of hydrogen-bond acceptors (Lipinski definition) is 7. The Labute approximate surface area is 253 Å². The number of ether oxygens (including phenoxy) is 1. The molecule has 224 valence electrons. The van der Waals surface area contributed by atoms with Crippen LogP contribution in [0.2, 0.25) is 5.02 Å². The molecule has 4 aromatic carbocycles. The van der Waals surface area contributed by atoms with Gasteiger partial charge in [-0.05, 0) is 60.7 Å². The first-order chi connectivity index (χ1) is 20.5. The molecule has 3 N–H and O–H groups in total. The Morgan fingerprint density at radius 1 is 0.744 bits per heavy atom. The predicted octanol–water partition coefficient (Wildman–Crippen LogP) is 5.17. The van der Waals surface area contributed by atoms with Crippen molar-refractivity contribution in [3.05, 3.63) is 107 Å². The SMILES string of the molecule is O=C(Nc1cc(S(=O)(=O)Nc2ccccc2Cl)ccc1N1CCOCC1)c1cccc(S(=O)(=O)Nc2ccccc2F)c1. The molecular weight excluding hydrogens is 619 g/mol. The second kappa shape index (κ2) is 12.6. The van der Waals surface area contributed by atoms with Crippen LogP contribution in [0.5, 0.6) is 0 Å². The van der Waals surface area contributed by atoms with Gasteiger partial charge in [-0.15, -0.1) is 0 Å². The number of carbonyl (C=O) groups is 1. The molecule has 0 radical (unpaired) electrons. The van der Waals surface area contributed by atoms with E-state index in [1.807, 2.05) is 4.90 Å². The largest absolute Gasteiger partial charge is 0.378 e. The fraction of sp³-hybridized carbons (Fsp3) is 0.138. The van der Waals surface area contributed by atoms with E-state index in [1.54, 1.807) is 24.3 Å². The van der Waals surface area contributed by atoms with Crippen molar-refractivity contribution in [2.75, 3.05) is 46.0 Å². The van der Waals surface area contributed by atoms with Crippen LogP contribution < -0.4 is 19.7 Å². The van der Waals surface area contributed by atoms with Crippen molar-refractivity contribution in [1.82, 2.24) is 0 Å². The van der Waals surface area contributed by atoms with Crippen molar-refractivity contribution < 1.29 is 30.8 Å². The van der Waals surface area contributed by atoms with Gasteiger partial charge in [-0.3, -0.25) is 14.2 Å². The topological polar surface area (TPSA) is 134 Å². The fourth-order valence-electron chi connectivity index (χ4n) is 4.36. The summed E-state index contributed by atoms with van der Waals surface area (Å²) in [5, 5.41) is 2.95. The van der Waals surface area contributed by atoms with Gasteiger partial charge in [0.1, 0.15) is 5.82 Å². The number of carbonyl (C=O) groups excluding carboxylic acids is 1. The lowest BCUT2D eigenvalue weighted by molar-refractivity contribution is 0.102. The van der Waals surface area contributed by atoms with Gasteiger partial charge in [0.15, 0.2) is 0 Å². The molecule has 1 amide bonds. The van der Waals surface area contributed by atoms with E-state index in [1.165, 1.54) is 54.6 Å². The molecule has 1 fully saturated rings. The molecule has 0 atom stereocenters. The Morgan fingerprint density at radius 2 is 1.37 bits per heavy atom. The van der Waals surface area contributed by atoms with E-state index in [4.69, 9.17) is 16.3 Å². The maximum Gasteiger partial charge on any atom is 0.262 e. The van der Waals surface area contributed by atoms with Gasteiger partial charge in [0.25, 0.3) is 26.0 Å². The smallest absolute Gasteiger partial charge is 0.262 e. The van der Waals surface area contributed by atoms with E-state index in [0.717, 1.165) is 12.1 Å². The minimum atomic E-state index is -4.24. The first-order valence-corrected chi connectivity index (χ1v) is 16.3. The summed E-state index contributed by atoms with van der Waals surface area (Å²) in [4.78, 5) is 15.0. The van der Waals surface area contributed by atoms with Crippen LogP contribution >= 0.6 is 11.6 Å². The Hall–Kier alpha value is -4.17. The molecule has 0 aliphatic carbocycles. The highest BCUT2D eigenvalue weighted by Gasteiger charge is 2.23. The summed E-state index contributed by atoms with van der Waals surface area (Å²) in [7, 11) is -8.35. The van der Waals surface area contributed by atoms with E-state index in [9.17, 15) is 26.0 Å². The van der Waals surface area contributed by atoms with Crippen LogP contribution in [0.15, 0.2) is 101 Å². The summed E-state index contributed by atoms with van der Waals surface area (Å²) in [6.07, 6.45) is 0. The van der Waals surface area contributed by atoms with Crippen molar-refractivity contribution in [2.24, 2.45) is 0 Å². The average Bonchev–Trinajstić information content (AvgIpc) is 3.00. The van der Waals surface area contributed by atoms with E-state index in [2.05, 4.69) is 14.8 Å². The first kappa shape index (κ1) is 30.3. The van der Waals surface area contributed by atoms with Gasteiger partial charge in [-0.25, -0.2) is 21.2 Å². The number of rotatable bonds is 9. The molecule has 0 unspecified atom stereocenters. The third kappa shape index (κ3) is 7.08. The van der Waals surface area contributed by atoms with Crippen LogP contribution in [0.1, 0.15) is 10.4 Å². The number of nitrogens with zero attached hydrogens (tertiary/aromatic N) is 1. The molecule has 1 saturated heterocycles. The van der Waals surface area contributed by atoms with E-state index in [0.29, 0.717) is 32.0 Å². The third-order valence-electron chi connectivity index (χ3n) is 6.52. The van der Waals surface area contributed by atoms with Crippen molar-refractivity contribution >= 4 is 60.3 Å². The highest BCUT2D eigenvalue weighted by atomic mass is 35.5. The van der Waals surface area contributed by atoms with Crippen molar-refractivity contribution in [3.63, 3.8) is 0 Å². The summed E-state index contributed by atoms with van der Waals surface area (Å²) in [6.45, 7) is 1.89. The highest BCUT2D eigenvalue weighted by Crippen LogP contribution is 2.32. The zero-order valence-electron chi connectivity index (χ0n) is 22.5. The van der Waals surface area contributed by atoms with E-state index < -0.39 is 31.8 Å². The molecule has 4 aromatic rings. The summed E-state index contributed by atoms with van der Waals surface area (Å²) in [5.74, 6) is -1.44. The molecule has 0 spiro atoms. The van der Waals surface area contributed by atoms with Crippen LogP contribution in [-0.4, -0.2) is 49.0 Å². The molecule has 14 heteroatoms. The molecular formula is C29H26ClFN4O6S2. The second-order valence-corrected chi connectivity index (χ2v) is 13.2. The van der Waals surface area contributed by atoms with Crippen LogP contribution in [-0.2, 0) is 24.8 Å². The Morgan fingerprint density at radius 3 is 2.07 bits per heavy atom. The quantitative estimate of drug-likeness (QED) is 0.229. The average molecular weight is 645 g/mol. The van der Waals surface area contributed by atoms with E-state index in [-0.39, 0.29) is 37.4 Å². The minimum absolute atomic E-state index is 0.0215. The predicted molar refractivity (Wildman–Crippen MR) is 163 cm³/mol. The van der Waals surface area contributed by atoms with Gasteiger partial charge >= 0.3 is 0 Å². The van der Waals surface area contributed by atoms with Gasteiger partial charge in [-0.1, -0.05) is 41.9 Å². The van der Waals surface area contributed by atoms with Crippen LogP contribution in [0.3, 0.4) is 0 Å². The lowest BCUT2D eigenvalue weighted by Gasteiger charge is -2.30. The number of hydrogen-bond donors (Lipinski definition) is 3. The lowest BCUT2D eigenvalue weighted by atomic mass is 10.2. The van der Waals surface area contributed by atoms with E-state index >= 15 is 0 Å². The van der Waals surface area contributed by atoms with Crippen molar-refractivity contribution in [3.8, 4) is 0 Å². The van der Waals surface area contributed by atoms with Crippen LogP contribution in [0.25, 0.3) is 0 Å². The van der Waals surface area contributed by atoms with Gasteiger partial charge < -0.3 is 15.0 Å². The maximum atomic E-state index is 14.1. The normalized spacial score (nSPS) is 13.8. The second-order valence-electron chi connectivity index (χ2n) is 9.43. The molecule has 1 heterocycles. The zero-order chi connectivity index (χ0) is 30.6. The first-order valence-electron chi connectivity index (χ1n) is 13.0. The van der Waals surface area contributed by atoms with Gasteiger partial charge in [0.2, 0.25) is 0 Å². The summed E-state index contributed by atoms with van der Waals surface area (Å²) in [5.41, 5.74) is 0.668. The zero-order valence-corrected chi connectivity index (χ0v) is 24.8. The standard InChI is InChI=1S/C29H26ClFN4O6S2/c30-23-8-1-3-10-25(23)33-43(39,40)22-12-13-28(35-14-16-41-17-15-35)27(19-22)32-29(36)20-6-5-7-21(18-20)42(37,38)34-26-11-4-2-9-24(26)31/h1-13,18-19,33-34H,14-17H2,(H,32,36). The van der Waals surface area contributed by atoms with Crippen molar-refractivity contribution in [2.45, 2.75) is 9.79 Å². The molecule has 0 aromatic heterocycles. The fourth-order valence-corrected chi connectivity index (χ4v) is 6.81. The number of benzene rings is 4. The molecule has 1 aliphatic heterocycles. The summed E-state index contributed by atoms with van der Waals surface area (Å²) >= 11 is 6.14. The van der Waals surface area contributed by atoms with Gasteiger partial charge in [0, 0.05) is 18.7 Å². The molecule has 1 aliphatic rings. The van der Waals surface area contributed by atoms with Crippen molar-refractivity contribution in [1.29, 1.82) is 0 Å². The van der Waals surface area contributed by atoms with Gasteiger partial charge in [-0.2, -0.15) is 0 Å². The monoisotopic (exact) mass is 644 g/mol. The maximum absolute atomic E-state index is 14.1. The van der Waals surface area contributed by atoms with Crippen LogP contribution in [0, 0.1) is 5.82 Å². The Balaban J connectivity index is 1.45. The molecule has 0 bridgehead atoms. The molecule has 10 nitrogen and oxygen atoms in total. The molecule has 5 rings (SSSR count). The van der Waals surface area contributed by atoms with Crippen LogP contribution in [0.4, 0.5) is 27.1 Å². The number of halogens is 2. The van der Waals surface area contributed by atoms with Gasteiger partial charge in [0.05, 0.1) is 50.8 Å². The Bertz CT molecular complexity index is 1880.